The van der Waals surface area contributed by atoms with Crippen LogP contribution in [0.25, 0.3) is 0 Å². The van der Waals surface area contributed by atoms with E-state index in [2.05, 4.69) is 0 Å². The Morgan fingerprint density at radius 1 is 1.29 bits per heavy atom. The van der Waals surface area contributed by atoms with Crippen molar-refractivity contribution in [3.8, 4) is 0 Å². The number of carboxylic acid groups (broad SMARTS) is 1. The molecule has 82 valence electrons. The molecule has 0 unspecified atom stereocenters. The maximum absolute atomic E-state index is 12.7. The number of likely N-dealkylation sites (tertiary alicyclic amines) is 1. The second-order valence-electron chi connectivity index (χ2n) is 3.64. The molecule has 0 amide bonds. The Morgan fingerprint density at radius 3 is 2.36 bits per heavy atom. The molecule has 1 fully saturated rings. The molecule has 3 nitrogen and oxygen atoms in total. The predicted octanol–water partition coefficient (Wildman–Crippen LogP) is 1.23. The lowest BCUT2D eigenvalue weighted by molar-refractivity contribution is -0.137. The molecule has 1 N–H and O–H groups in total. The highest BCUT2D eigenvalue weighted by Crippen LogP contribution is 2.16. The van der Waals surface area contributed by atoms with Gasteiger partial charge in [0.25, 0.3) is 0 Å². The zero-order valence-corrected chi connectivity index (χ0v) is 7.96. The highest BCUT2D eigenvalue weighted by molar-refractivity contribution is 5.66. The Kier molecular flexibility index (Phi) is 4.25. The van der Waals surface area contributed by atoms with Gasteiger partial charge in [0.2, 0.25) is 0 Å². The van der Waals surface area contributed by atoms with E-state index in [1.807, 2.05) is 0 Å². The van der Waals surface area contributed by atoms with Gasteiger partial charge in [-0.25, -0.2) is 8.78 Å². The van der Waals surface area contributed by atoms with Gasteiger partial charge in [0.15, 0.2) is 0 Å². The molecule has 0 spiro atoms. The summed E-state index contributed by atoms with van der Waals surface area (Å²) in [5, 5.41) is 8.36. The number of nitrogens with zero attached hydrogens (tertiary/aromatic N) is 1. The van der Waals surface area contributed by atoms with Crippen LogP contribution in [-0.2, 0) is 4.79 Å². The van der Waals surface area contributed by atoms with Gasteiger partial charge in [0.05, 0.1) is 0 Å². The Labute approximate surface area is 81.7 Å². The van der Waals surface area contributed by atoms with Crippen LogP contribution in [0, 0.1) is 0 Å². The van der Waals surface area contributed by atoms with E-state index in [0.29, 0.717) is 19.4 Å². The molecule has 5 heteroatoms. The molecular formula is C9H15F2NO2. The number of hydrogen-bond donors (Lipinski definition) is 1. The summed E-state index contributed by atoms with van der Waals surface area (Å²) in [6.45, 7) is 0.886. The van der Waals surface area contributed by atoms with Crippen molar-refractivity contribution < 1.29 is 18.7 Å². The van der Waals surface area contributed by atoms with Crippen molar-refractivity contribution in [3.05, 3.63) is 0 Å². The molecule has 0 aromatic carbocycles. The Morgan fingerprint density at radius 2 is 1.86 bits per heavy atom. The lowest BCUT2D eigenvalue weighted by Gasteiger charge is -2.12. The van der Waals surface area contributed by atoms with Crippen LogP contribution in [0.3, 0.4) is 0 Å². The molecule has 0 aromatic heterocycles. The fourth-order valence-electron chi connectivity index (χ4n) is 1.59. The molecule has 0 saturated carbocycles. The zero-order valence-electron chi connectivity index (χ0n) is 7.96. The quantitative estimate of drug-likeness (QED) is 0.689. The summed E-state index contributed by atoms with van der Waals surface area (Å²) in [5.41, 5.74) is 0. The summed E-state index contributed by atoms with van der Waals surface area (Å²) in [7, 11) is 0. The minimum absolute atomic E-state index is 0.131. The second kappa shape index (κ2) is 5.24. The number of carboxylic acids is 1. The Bertz CT molecular complexity index is 191. The molecule has 1 aliphatic rings. The van der Waals surface area contributed by atoms with Crippen molar-refractivity contribution in [2.75, 3.05) is 19.6 Å². The van der Waals surface area contributed by atoms with Gasteiger partial charge < -0.3 is 5.11 Å². The average molecular weight is 207 g/mol. The van der Waals surface area contributed by atoms with Crippen molar-refractivity contribution in [2.24, 2.45) is 0 Å². The van der Waals surface area contributed by atoms with Gasteiger partial charge in [-0.15, -0.1) is 0 Å². The van der Waals surface area contributed by atoms with Crippen molar-refractivity contribution in [1.29, 1.82) is 0 Å². The van der Waals surface area contributed by atoms with E-state index in [0.717, 1.165) is 0 Å². The maximum Gasteiger partial charge on any atom is 0.303 e. The third-order valence-electron chi connectivity index (χ3n) is 2.37. The van der Waals surface area contributed by atoms with E-state index in [-0.39, 0.29) is 19.5 Å². The van der Waals surface area contributed by atoms with Gasteiger partial charge in [0, 0.05) is 19.5 Å². The van der Waals surface area contributed by atoms with Gasteiger partial charge in [-0.2, -0.15) is 0 Å². The van der Waals surface area contributed by atoms with E-state index in [9.17, 15) is 13.6 Å². The zero-order chi connectivity index (χ0) is 10.6. The van der Waals surface area contributed by atoms with Gasteiger partial charge in [-0.05, 0) is 19.4 Å². The summed E-state index contributed by atoms with van der Waals surface area (Å²) < 4.78 is 25.4. The smallest absolute Gasteiger partial charge is 0.303 e. The van der Waals surface area contributed by atoms with E-state index in [1.54, 1.807) is 4.90 Å². The van der Waals surface area contributed by atoms with E-state index < -0.39 is 18.3 Å². The highest BCUT2D eigenvalue weighted by Gasteiger charge is 2.32. The number of unbranched alkanes of at least 4 members (excludes halogenated alkanes) is 1. The number of halogens is 2. The summed E-state index contributed by atoms with van der Waals surface area (Å²) in [6, 6.07) is 0. The first kappa shape index (κ1) is 11.4. The summed E-state index contributed by atoms with van der Waals surface area (Å²) in [6.07, 6.45) is -1.35. The van der Waals surface area contributed by atoms with Crippen molar-refractivity contribution in [2.45, 2.75) is 31.6 Å². The van der Waals surface area contributed by atoms with Crippen molar-refractivity contribution >= 4 is 5.97 Å². The first-order valence-corrected chi connectivity index (χ1v) is 4.82. The monoisotopic (exact) mass is 207 g/mol. The average Bonchev–Trinajstić information content (AvgIpc) is 2.40. The molecule has 1 aliphatic heterocycles. The van der Waals surface area contributed by atoms with Crippen LogP contribution in [0.5, 0.6) is 0 Å². The van der Waals surface area contributed by atoms with Crippen molar-refractivity contribution in [1.82, 2.24) is 4.90 Å². The number of alkyl halides is 2. The van der Waals surface area contributed by atoms with Crippen LogP contribution in [-0.4, -0.2) is 48.0 Å². The molecule has 1 saturated heterocycles. The molecule has 0 bridgehead atoms. The van der Waals surface area contributed by atoms with Crippen LogP contribution < -0.4 is 0 Å². The van der Waals surface area contributed by atoms with Gasteiger partial charge in [-0.1, -0.05) is 0 Å². The third-order valence-corrected chi connectivity index (χ3v) is 2.37. The van der Waals surface area contributed by atoms with Crippen LogP contribution >= 0.6 is 0 Å². The molecule has 0 aliphatic carbocycles. The Balaban J connectivity index is 2.06. The van der Waals surface area contributed by atoms with E-state index >= 15 is 0 Å². The molecule has 1 rings (SSSR count). The maximum atomic E-state index is 12.7. The third kappa shape index (κ3) is 3.57. The fraction of sp³-hybridized carbons (Fsp3) is 0.889. The molecule has 0 aromatic rings. The largest absolute Gasteiger partial charge is 0.481 e. The SMILES string of the molecule is O=C(O)CCCCN1C[C@H](F)[C@@H](F)C1. The predicted molar refractivity (Wildman–Crippen MR) is 47.7 cm³/mol. The fourth-order valence-corrected chi connectivity index (χ4v) is 1.59. The highest BCUT2D eigenvalue weighted by atomic mass is 19.2. The molecule has 2 atom stereocenters. The minimum Gasteiger partial charge on any atom is -0.481 e. The van der Waals surface area contributed by atoms with Gasteiger partial charge in [0.1, 0.15) is 12.3 Å². The summed E-state index contributed by atoms with van der Waals surface area (Å²) in [5.74, 6) is -0.821. The van der Waals surface area contributed by atoms with Crippen LogP contribution in [0.1, 0.15) is 19.3 Å². The number of carbonyl (C=O) groups is 1. The molecular weight excluding hydrogens is 192 g/mol. The van der Waals surface area contributed by atoms with Crippen molar-refractivity contribution in [3.63, 3.8) is 0 Å². The van der Waals surface area contributed by atoms with Crippen LogP contribution in [0.4, 0.5) is 8.78 Å². The lowest BCUT2D eigenvalue weighted by atomic mass is 10.2. The first-order valence-electron chi connectivity index (χ1n) is 4.82. The van der Waals surface area contributed by atoms with Crippen LogP contribution in [0.2, 0.25) is 0 Å². The molecule has 14 heavy (non-hydrogen) atoms. The van der Waals surface area contributed by atoms with E-state index in [1.165, 1.54) is 0 Å². The first-order chi connectivity index (χ1) is 6.59. The molecule has 0 radical (unpaired) electrons. The van der Waals surface area contributed by atoms with Gasteiger partial charge >= 0.3 is 5.97 Å². The van der Waals surface area contributed by atoms with Crippen LogP contribution in [0.15, 0.2) is 0 Å². The lowest BCUT2D eigenvalue weighted by Crippen LogP contribution is -2.22. The number of aliphatic carboxylic acids is 1. The normalized spacial score (nSPS) is 28.1. The molecule has 1 heterocycles. The van der Waals surface area contributed by atoms with E-state index in [4.69, 9.17) is 5.11 Å². The summed E-state index contributed by atoms with van der Waals surface area (Å²) in [4.78, 5) is 11.9. The minimum atomic E-state index is -1.37. The summed E-state index contributed by atoms with van der Waals surface area (Å²) >= 11 is 0. The standard InChI is InChI=1S/C9H15F2NO2/c10-7-5-12(6-8(7)11)4-2-1-3-9(13)14/h7-8H,1-6H2,(H,13,14)/t7-,8-/m0/s1. The second-order valence-corrected chi connectivity index (χ2v) is 3.64. The number of hydrogen-bond acceptors (Lipinski definition) is 2. The number of rotatable bonds is 5. The Hall–Kier alpha value is -0.710. The topological polar surface area (TPSA) is 40.5 Å². The van der Waals surface area contributed by atoms with Gasteiger partial charge in [-0.3, -0.25) is 9.69 Å².